The highest BCUT2D eigenvalue weighted by atomic mass is 19.1. The molecule has 0 atom stereocenters. The van der Waals surface area contributed by atoms with Crippen molar-refractivity contribution >= 4 is 34.1 Å². The van der Waals surface area contributed by atoms with Gasteiger partial charge in [-0.05, 0) is 49.2 Å². The Balaban J connectivity index is 1.51. The number of aromatic nitrogens is 1. The van der Waals surface area contributed by atoms with Crippen molar-refractivity contribution in [2.45, 2.75) is 20.3 Å². The Morgan fingerprint density at radius 3 is 2.67 bits per heavy atom. The van der Waals surface area contributed by atoms with Gasteiger partial charge in [0.15, 0.2) is 0 Å². The lowest BCUT2D eigenvalue weighted by Crippen LogP contribution is -2.33. The van der Waals surface area contributed by atoms with Gasteiger partial charge >= 0.3 is 0 Å². The van der Waals surface area contributed by atoms with Crippen molar-refractivity contribution in [1.29, 1.82) is 0 Å². The topological polar surface area (TPSA) is 68.4 Å². The van der Waals surface area contributed by atoms with Crippen molar-refractivity contribution in [3.63, 3.8) is 0 Å². The van der Waals surface area contributed by atoms with Crippen LogP contribution in [0.25, 0.3) is 10.9 Å². The predicted octanol–water partition coefficient (Wildman–Crippen LogP) is 3.93. The average molecular weight is 408 g/mol. The molecular formula is C23H25FN4O2. The molecular weight excluding hydrogens is 383 g/mol. The number of aryl methyl sites for hydroxylation is 1. The van der Waals surface area contributed by atoms with Crippen LogP contribution in [0.5, 0.6) is 0 Å². The maximum Gasteiger partial charge on any atom is 0.272 e. The number of carbonyl (C=O) groups excluding carboxylic acids is 2. The monoisotopic (exact) mass is 408 g/mol. The Bertz CT molecular complexity index is 1070. The van der Waals surface area contributed by atoms with Crippen molar-refractivity contribution in [1.82, 2.24) is 9.88 Å². The number of hydrogen-bond donors (Lipinski definition) is 2. The Morgan fingerprint density at radius 1 is 1.07 bits per heavy atom. The lowest BCUT2D eigenvalue weighted by atomic mass is 10.1. The molecule has 1 aliphatic heterocycles. The van der Waals surface area contributed by atoms with Crippen LogP contribution in [0.4, 0.5) is 15.8 Å². The summed E-state index contributed by atoms with van der Waals surface area (Å²) < 4.78 is 14.1. The molecule has 6 nitrogen and oxygen atoms in total. The van der Waals surface area contributed by atoms with E-state index in [1.165, 1.54) is 6.07 Å². The van der Waals surface area contributed by atoms with Gasteiger partial charge in [-0.15, -0.1) is 0 Å². The molecule has 4 rings (SSSR count). The molecule has 30 heavy (non-hydrogen) atoms. The molecule has 7 heteroatoms. The van der Waals surface area contributed by atoms with Crippen LogP contribution in [0, 0.1) is 12.7 Å². The second-order valence-corrected chi connectivity index (χ2v) is 7.69. The number of nitrogens with one attached hydrogen (secondary N) is 2. The van der Waals surface area contributed by atoms with Crippen LogP contribution < -0.4 is 10.2 Å². The zero-order valence-electron chi connectivity index (χ0n) is 17.2. The van der Waals surface area contributed by atoms with E-state index in [-0.39, 0.29) is 17.6 Å². The number of hydrogen-bond acceptors (Lipinski definition) is 3. The SMILES string of the molecule is CC(=O)N1CCCN(c2cccc(NC(=O)c3cc4c(F)ccc(C)c4[nH]3)c2)CC1. The minimum absolute atomic E-state index is 0.0999. The molecule has 2 amide bonds. The zero-order chi connectivity index (χ0) is 21.3. The predicted molar refractivity (Wildman–Crippen MR) is 116 cm³/mol. The molecule has 1 aromatic heterocycles. The number of fused-ring (bicyclic) bond motifs is 1. The molecule has 156 valence electrons. The first kappa shape index (κ1) is 19.9. The molecule has 0 radical (unpaired) electrons. The molecule has 0 bridgehead atoms. The molecule has 2 N–H and O–H groups in total. The molecule has 0 saturated carbocycles. The van der Waals surface area contributed by atoms with Crippen molar-refractivity contribution < 1.29 is 14.0 Å². The van der Waals surface area contributed by atoms with Crippen LogP contribution in [0.1, 0.15) is 29.4 Å². The van der Waals surface area contributed by atoms with Gasteiger partial charge in [0.25, 0.3) is 5.91 Å². The molecule has 2 aromatic carbocycles. The second kappa shape index (κ2) is 8.18. The maximum absolute atomic E-state index is 14.1. The van der Waals surface area contributed by atoms with Gasteiger partial charge in [-0.25, -0.2) is 4.39 Å². The van der Waals surface area contributed by atoms with Gasteiger partial charge in [0.05, 0.1) is 5.52 Å². The van der Waals surface area contributed by atoms with Gasteiger partial charge in [-0.2, -0.15) is 0 Å². The summed E-state index contributed by atoms with van der Waals surface area (Å²) in [6, 6.07) is 12.3. The van der Waals surface area contributed by atoms with Crippen LogP contribution in [0.3, 0.4) is 0 Å². The normalized spacial score (nSPS) is 14.6. The van der Waals surface area contributed by atoms with Crippen LogP contribution in [0.2, 0.25) is 0 Å². The summed E-state index contributed by atoms with van der Waals surface area (Å²) in [5.41, 5.74) is 3.50. The van der Waals surface area contributed by atoms with E-state index < -0.39 is 0 Å². The van der Waals surface area contributed by atoms with E-state index in [1.807, 2.05) is 36.1 Å². The molecule has 0 aliphatic carbocycles. The van der Waals surface area contributed by atoms with E-state index >= 15 is 0 Å². The summed E-state index contributed by atoms with van der Waals surface area (Å²) in [5, 5.41) is 3.31. The summed E-state index contributed by atoms with van der Waals surface area (Å²) >= 11 is 0. The van der Waals surface area contributed by atoms with Crippen LogP contribution in [-0.4, -0.2) is 47.9 Å². The van der Waals surface area contributed by atoms with Gasteiger partial charge in [0.1, 0.15) is 11.5 Å². The fourth-order valence-corrected chi connectivity index (χ4v) is 3.92. The number of benzene rings is 2. The second-order valence-electron chi connectivity index (χ2n) is 7.69. The summed E-state index contributed by atoms with van der Waals surface area (Å²) in [6.45, 7) is 6.52. The van der Waals surface area contributed by atoms with Gasteiger partial charge in [-0.3, -0.25) is 9.59 Å². The Kier molecular flexibility index (Phi) is 5.44. The molecule has 0 spiro atoms. The van der Waals surface area contributed by atoms with Gasteiger partial charge < -0.3 is 20.1 Å². The fourth-order valence-electron chi connectivity index (χ4n) is 3.92. The van der Waals surface area contributed by atoms with Crippen molar-refractivity contribution in [2.24, 2.45) is 0 Å². The summed E-state index contributed by atoms with van der Waals surface area (Å²) in [6.07, 6.45) is 0.899. The smallest absolute Gasteiger partial charge is 0.272 e. The van der Waals surface area contributed by atoms with Crippen molar-refractivity contribution in [2.75, 3.05) is 36.4 Å². The van der Waals surface area contributed by atoms with E-state index in [2.05, 4.69) is 15.2 Å². The van der Waals surface area contributed by atoms with E-state index in [1.54, 1.807) is 19.1 Å². The molecule has 0 unspecified atom stereocenters. The van der Waals surface area contributed by atoms with Gasteiger partial charge in [0.2, 0.25) is 5.91 Å². The molecule has 1 fully saturated rings. The number of H-pyrrole nitrogens is 1. The van der Waals surface area contributed by atoms with Crippen LogP contribution >= 0.6 is 0 Å². The minimum atomic E-state index is -0.353. The lowest BCUT2D eigenvalue weighted by Gasteiger charge is -2.23. The Labute approximate surface area is 174 Å². The number of halogens is 1. The third-order valence-electron chi connectivity index (χ3n) is 5.60. The number of anilines is 2. The number of nitrogens with zero attached hydrogens (tertiary/aromatic N) is 2. The van der Waals surface area contributed by atoms with Crippen molar-refractivity contribution in [3.05, 3.63) is 59.5 Å². The first-order valence-corrected chi connectivity index (χ1v) is 10.1. The van der Waals surface area contributed by atoms with Crippen LogP contribution in [0.15, 0.2) is 42.5 Å². The number of carbonyl (C=O) groups is 2. The van der Waals surface area contributed by atoms with E-state index in [9.17, 15) is 14.0 Å². The molecule has 3 aromatic rings. The minimum Gasteiger partial charge on any atom is -0.370 e. The fraction of sp³-hybridized carbons (Fsp3) is 0.304. The number of amides is 2. The van der Waals surface area contributed by atoms with Crippen LogP contribution in [-0.2, 0) is 4.79 Å². The summed E-state index contributed by atoms with van der Waals surface area (Å²) in [4.78, 5) is 31.5. The lowest BCUT2D eigenvalue weighted by molar-refractivity contribution is -0.128. The van der Waals surface area contributed by atoms with E-state index in [0.29, 0.717) is 28.8 Å². The molecule has 2 heterocycles. The third kappa shape index (κ3) is 4.01. The third-order valence-corrected chi connectivity index (χ3v) is 5.60. The van der Waals surface area contributed by atoms with E-state index in [0.717, 1.165) is 37.3 Å². The Morgan fingerprint density at radius 2 is 1.90 bits per heavy atom. The first-order valence-electron chi connectivity index (χ1n) is 10.1. The first-order chi connectivity index (χ1) is 14.4. The number of rotatable bonds is 3. The Hall–Kier alpha value is -3.35. The summed E-state index contributed by atoms with van der Waals surface area (Å²) in [7, 11) is 0. The summed E-state index contributed by atoms with van der Waals surface area (Å²) in [5.74, 6) is -0.572. The van der Waals surface area contributed by atoms with Gasteiger partial charge in [-0.1, -0.05) is 12.1 Å². The highest BCUT2D eigenvalue weighted by Gasteiger charge is 2.18. The quantitative estimate of drug-likeness (QED) is 0.690. The highest BCUT2D eigenvalue weighted by molar-refractivity contribution is 6.06. The molecule has 1 aliphatic rings. The zero-order valence-corrected chi connectivity index (χ0v) is 17.2. The standard InChI is InChI=1S/C23H25FN4O2/c1-15-7-8-20(24)19-14-21(26-22(15)19)23(30)25-17-5-3-6-18(13-17)28-10-4-9-27(11-12-28)16(2)29/h3,5-8,13-14,26H,4,9-12H2,1-2H3,(H,25,30). The number of aromatic amines is 1. The van der Waals surface area contributed by atoms with E-state index in [4.69, 9.17) is 0 Å². The largest absolute Gasteiger partial charge is 0.370 e. The van der Waals surface area contributed by atoms with Gasteiger partial charge in [0, 0.05) is 49.9 Å². The van der Waals surface area contributed by atoms with Crippen molar-refractivity contribution in [3.8, 4) is 0 Å². The highest BCUT2D eigenvalue weighted by Crippen LogP contribution is 2.24. The maximum atomic E-state index is 14.1. The molecule has 1 saturated heterocycles. The average Bonchev–Trinajstić information content (AvgIpc) is 3.04.